The van der Waals surface area contributed by atoms with Gasteiger partial charge in [-0.25, -0.2) is 0 Å². The molecule has 2 aliphatic carbocycles. The summed E-state index contributed by atoms with van der Waals surface area (Å²) in [4.78, 5) is 16.3. The second-order valence-corrected chi connectivity index (χ2v) is 4.75. The fourth-order valence-electron chi connectivity index (χ4n) is 2.84. The van der Waals surface area contributed by atoms with Gasteiger partial charge in [-0.3, -0.25) is 9.78 Å². The lowest BCUT2D eigenvalue weighted by atomic mass is 9.89. The largest absolute Gasteiger partial charge is 0.383 e. The summed E-state index contributed by atoms with van der Waals surface area (Å²) in [7, 11) is 0. The molecule has 1 aromatic heterocycles. The van der Waals surface area contributed by atoms with Gasteiger partial charge in [0.15, 0.2) is 0 Å². The lowest BCUT2D eigenvalue weighted by Gasteiger charge is -2.17. The molecule has 0 radical (unpaired) electrons. The molecule has 0 aromatic carbocycles. The van der Waals surface area contributed by atoms with E-state index >= 15 is 0 Å². The Morgan fingerprint density at radius 3 is 2.71 bits per heavy atom. The summed E-state index contributed by atoms with van der Waals surface area (Å²) in [6, 6.07) is 3.56. The molecule has 88 valence electrons. The third-order valence-electron chi connectivity index (χ3n) is 3.70. The van der Waals surface area contributed by atoms with Crippen molar-refractivity contribution in [2.45, 2.75) is 38.2 Å². The van der Waals surface area contributed by atoms with Crippen LogP contribution in [0.15, 0.2) is 29.5 Å². The van der Waals surface area contributed by atoms with E-state index in [1.165, 1.54) is 6.42 Å². The Bertz CT molecular complexity index is 497. The number of hydrogen-bond acceptors (Lipinski definition) is 3. The van der Waals surface area contributed by atoms with Crippen molar-refractivity contribution in [1.29, 1.82) is 0 Å². The second-order valence-electron chi connectivity index (χ2n) is 4.75. The number of allylic oxidation sites excluding steroid dienone is 1. The molecular weight excluding hydrogens is 214 g/mol. The molecule has 0 unspecified atom stereocenters. The number of ketones is 1. The minimum Gasteiger partial charge on any atom is -0.383 e. The van der Waals surface area contributed by atoms with Crippen molar-refractivity contribution < 1.29 is 9.90 Å². The number of carbonyl (C=O) groups excluding carboxylic acids is 1. The summed E-state index contributed by atoms with van der Waals surface area (Å²) >= 11 is 0. The van der Waals surface area contributed by atoms with Gasteiger partial charge in [0.05, 0.1) is 0 Å². The SMILES string of the molecule is O=C1C(=C2CCCCC2)[C@H](O)c2cccnc21. The standard InChI is InChI=1S/C14H15NO2/c16-13-10-7-4-8-15-12(10)14(17)11(13)9-5-2-1-3-6-9/h4,7-8,13,16H,1-3,5-6H2/t13-/m1/s1. The number of pyridine rings is 1. The summed E-state index contributed by atoms with van der Waals surface area (Å²) in [5, 5.41) is 10.2. The quantitative estimate of drug-likeness (QED) is 0.695. The van der Waals surface area contributed by atoms with Crippen LogP contribution in [-0.2, 0) is 0 Å². The van der Waals surface area contributed by atoms with Gasteiger partial charge in [-0.15, -0.1) is 0 Å². The Labute approximate surface area is 100 Å². The highest BCUT2D eigenvalue weighted by molar-refractivity contribution is 6.13. The van der Waals surface area contributed by atoms with Crippen LogP contribution in [-0.4, -0.2) is 15.9 Å². The van der Waals surface area contributed by atoms with Crippen molar-refractivity contribution in [3.63, 3.8) is 0 Å². The van der Waals surface area contributed by atoms with Crippen molar-refractivity contribution in [1.82, 2.24) is 4.98 Å². The van der Waals surface area contributed by atoms with Crippen LogP contribution in [0.3, 0.4) is 0 Å². The molecule has 3 heteroatoms. The first-order valence-corrected chi connectivity index (χ1v) is 6.18. The van der Waals surface area contributed by atoms with Crippen molar-refractivity contribution >= 4 is 5.78 Å². The van der Waals surface area contributed by atoms with Crippen LogP contribution >= 0.6 is 0 Å². The van der Waals surface area contributed by atoms with E-state index in [0.717, 1.165) is 31.3 Å². The van der Waals surface area contributed by atoms with Gasteiger partial charge in [-0.2, -0.15) is 0 Å². The maximum Gasteiger partial charge on any atom is 0.210 e. The van der Waals surface area contributed by atoms with Crippen molar-refractivity contribution in [2.24, 2.45) is 0 Å². The normalized spacial score (nSPS) is 24.1. The van der Waals surface area contributed by atoms with Gasteiger partial charge in [0.2, 0.25) is 5.78 Å². The lowest BCUT2D eigenvalue weighted by molar-refractivity contribution is 0.101. The molecular formula is C14H15NO2. The molecule has 0 bridgehead atoms. The highest BCUT2D eigenvalue weighted by Gasteiger charge is 2.36. The van der Waals surface area contributed by atoms with Gasteiger partial charge in [-0.1, -0.05) is 18.1 Å². The first kappa shape index (κ1) is 10.7. The summed E-state index contributed by atoms with van der Waals surface area (Å²) in [6.07, 6.45) is 6.24. The molecule has 2 aliphatic rings. The Balaban J connectivity index is 2.08. The zero-order valence-electron chi connectivity index (χ0n) is 9.65. The molecule has 0 amide bonds. The van der Waals surface area contributed by atoms with Crippen LogP contribution in [0.2, 0.25) is 0 Å². The van der Waals surface area contributed by atoms with Crippen LogP contribution in [0.4, 0.5) is 0 Å². The number of rotatable bonds is 0. The van der Waals surface area contributed by atoms with Gasteiger partial charge in [0.1, 0.15) is 11.8 Å². The molecule has 1 N–H and O–H groups in total. The van der Waals surface area contributed by atoms with Gasteiger partial charge >= 0.3 is 0 Å². The minimum absolute atomic E-state index is 0.0648. The highest BCUT2D eigenvalue weighted by Crippen LogP contribution is 2.39. The Hall–Kier alpha value is -1.48. The van der Waals surface area contributed by atoms with Gasteiger partial charge in [0, 0.05) is 17.3 Å². The van der Waals surface area contributed by atoms with Crippen molar-refractivity contribution in [2.75, 3.05) is 0 Å². The molecule has 1 atom stereocenters. The zero-order valence-corrected chi connectivity index (χ0v) is 9.65. The maximum absolute atomic E-state index is 12.2. The van der Waals surface area contributed by atoms with Crippen LogP contribution in [0.5, 0.6) is 0 Å². The second kappa shape index (κ2) is 4.08. The number of hydrogen-bond donors (Lipinski definition) is 1. The molecule has 3 nitrogen and oxygen atoms in total. The summed E-state index contributed by atoms with van der Waals surface area (Å²) in [6.45, 7) is 0. The number of Topliss-reactive ketones (excluding diaryl/α,β-unsaturated/α-hetero) is 1. The number of nitrogens with zero attached hydrogens (tertiary/aromatic N) is 1. The number of carbonyl (C=O) groups is 1. The van der Waals surface area contributed by atoms with E-state index in [-0.39, 0.29) is 5.78 Å². The van der Waals surface area contributed by atoms with E-state index in [2.05, 4.69) is 4.98 Å². The number of aromatic nitrogens is 1. The smallest absolute Gasteiger partial charge is 0.210 e. The minimum atomic E-state index is -0.751. The Kier molecular flexibility index (Phi) is 2.56. The molecule has 3 rings (SSSR count). The molecule has 1 aromatic rings. The van der Waals surface area contributed by atoms with E-state index in [0.29, 0.717) is 16.8 Å². The molecule has 0 saturated heterocycles. The molecule has 17 heavy (non-hydrogen) atoms. The van der Waals surface area contributed by atoms with Gasteiger partial charge in [-0.05, 0) is 31.7 Å². The topological polar surface area (TPSA) is 50.2 Å². The first-order chi connectivity index (χ1) is 8.29. The third kappa shape index (κ3) is 1.62. The zero-order chi connectivity index (χ0) is 11.8. The van der Waals surface area contributed by atoms with Crippen molar-refractivity contribution in [3.05, 3.63) is 40.7 Å². The lowest BCUT2D eigenvalue weighted by Crippen LogP contribution is -2.07. The van der Waals surface area contributed by atoms with Crippen molar-refractivity contribution in [3.8, 4) is 0 Å². The fourth-order valence-corrected chi connectivity index (χ4v) is 2.84. The third-order valence-corrected chi connectivity index (χ3v) is 3.70. The summed E-state index contributed by atoms with van der Waals surface area (Å²) < 4.78 is 0. The van der Waals surface area contributed by atoms with Crippen LogP contribution in [0.25, 0.3) is 0 Å². The first-order valence-electron chi connectivity index (χ1n) is 6.18. The van der Waals surface area contributed by atoms with E-state index in [4.69, 9.17) is 0 Å². The van der Waals surface area contributed by atoms with Crippen LogP contribution in [0.1, 0.15) is 54.3 Å². The maximum atomic E-state index is 12.2. The van der Waals surface area contributed by atoms with Gasteiger partial charge < -0.3 is 5.11 Å². The Morgan fingerprint density at radius 1 is 1.24 bits per heavy atom. The Morgan fingerprint density at radius 2 is 2.00 bits per heavy atom. The monoisotopic (exact) mass is 229 g/mol. The van der Waals surface area contributed by atoms with E-state index in [9.17, 15) is 9.90 Å². The summed E-state index contributed by atoms with van der Waals surface area (Å²) in [5.41, 5.74) is 2.86. The number of aliphatic hydroxyl groups is 1. The van der Waals surface area contributed by atoms with Crippen LogP contribution < -0.4 is 0 Å². The predicted molar refractivity (Wildman–Crippen MR) is 63.6 cm³/mol. The van der Waals surface area contributed by atoms with E-state index in [1.807, 2.05) is 0 Å². The van der Waals surface area contributed by atoms with Gasteiger partial charge in [0.25, 0.3) is 0 Å². The average molecular weight is 229 g/mol. The molecule has 1 heterocycles. The average Bonchev–Trinajstić information content (AvgIpc) is 2.64. The molecule has 0 aliphatic heterocycles. The molecule has 0 spiro atoms. The molecule has 1 saturated carbocycles. The predicted octanol–water partition coefficient (Wildman–Crippen LogP) is 2.57. The highest BCUT2D eigenvalue weighted by atomic mass is 16.3. The molecule has 1 fully saturated rings. The number of fused-ring (bicyclic) bond motifs is 1. The van der Waals surface area contributed by atoms with Crippen LogP contribution in [0, 0.1) is 0 Å². The van der Waals surface area contributed by atoms with E-state index in [1.54, 1.807) is 18.3 Å². The van der Waals surface area contributed by atoms with E-state index < -0.39 is 6.10 Å². The fraction of sp³-hybridized carbons (Fsp3) is 0.429. The number of aliphatic hydroxyl groups excluding tert-OH is 1. The summed E-state index contributed by atoms with van der Waals surface area (Å²) in [5.74, 6) is -0.0648.